The van der Waals surface area contributed by atoms with Crippen LogP contribution in [0, 0.1) is 0 Å². The summed E-state index contributed by atoms with van der Waals surface area (Å²) >= 11 is 6.18. The number of fused-ring (bicyclic) bond motifs is 1. The van der Waals surface area contributed by atoms with Gasteiger partial charge in [0.1, 0.15) is 5.82 Å². The Morgan fingerprint density at radius 3 is 2.59 bits per heavy atom. The van der Waals surface area contributed by atoms with E-state index in [-0.39, 0.29) is 15.5 Å². The Kier molecular flexibility index (Phi) is 5.97. The van der Waals surface area contributed by atoms with Gasteiger partial charge in [0.05, 0.1) is 32.6 Å². The van der Waals surface area contributed by atoms with Gasteiger partial charge >= 0.3 is 0 Å². The predicted octanol–water partition coefficient (Wildman–Crippen LogP) is 3.45. The molecule has 7 nitrogen and oxygen atoms in total. The lowest BCUT2D eigenvalue weighted by Gasteiger charge is -2.17. The summed E-state index contributed by atoms with van der Waals surface area (Å²) in [7, 11) is -0.817. The van der Waals surface area contributed by atoms with Crippen molar-refractivity contribution in [3.8, 4) is 0 Å². The van der Waals surface area contributed by atoms with Gasteiger partial charge < -0.3 is 9.88 Å². The van der Waals surface area contributed by atoms with Crippen LogP contribution in [0.4, 0.5) is 0 Å². The molecule has 0 radical (unpaired) electrons. The maximum Gasteiger partial charge on any atom is 0.253 e. The van der Waals surface area contributed by atoms with E-state index >= 15 is 0 Å². The summed E-state index contributed by atoms with van der Waals surface area (Å²) in [4.78, 5) is 17.5. The zero-order chi connectivity index (χ0) is 21.3. The third kappa shape index (κ3) is 4.01. The van der Waals surface area contributed by atoms with Gasteiger partial charge in [-0.05, 0) is 44.2 Å². The molecule has 0 fully saturated rings. The predicted molar refractivity (Wildman–Crippen MR) is 114 cm³/mol. The Labute approximate surface area is 175 Å². The Morgan fingerprint density at radius 2 is 1.93 bits per heavy atom. The normalized spacial score (nSPS) is 13.0. The van der Waals surface area contributed by atoms with Gasteiger partial charge in [0.25, 0.3) is 5.91 Å². The number of aromatic nitrogens is 2. The zero-order valence-corrected chi connectivity index (χ0v) is 18.3. The van der Waals surface area contributed by atoms with E-state index in [0.29, 0.717) is 6.54 Å². The third-order valence-electron chi connectivity index (χ3n) is 4.70. The number of para-hydroxylation sites is 2. The number of amides is 1. The number of benzene rings is 2. The van der Waals surface area contributed by atoms with Crippen LogP contribution in [0.25, 0.3) is 11.0 Å². The van der Waals surface area contributed by atoms with Crippen LogP contribution < -0.4 is 5.32 Å². The minimum atomic E-state index is -3.68. The van der Waals surface area contributed by atoms with E-state index in [1.165, 1.54) is 32.3 Å². The van der Waals surface area contributed by atoms with Gasteiger partial charge in [-0.2, -0.15) is 0 Å². The fraction of sp³-hybridized carbons (Fsp3) is 0.300. The molecule has 0 aliphatic heterocycles. The van der Waals surface area contributed by atoms with Gasteiger partial charge in [0.2, 0.25) is 10.0 Å². The number of carbonyl (C=O) groups is 1. The minimum absolute atomic E-state index is 0.00509. The number of nitrogens with one attached hydrogen (secondary N) is 1. The number of halogens is 1. The molecule has 9 heteroatoms. The smallest absolute Gasteiger partial charge is 0.253 e. The van der Waals surface area contributed by atoms with Crippen molar-refractivity contribution in [3.05, 3.63) is 58.9 Å². The van der Waals surface area contributed by atoms with Gasteiger partial charge in [-0.3, -0.25) is 4.79 Å². The first-order valence-electron chi connectivity index (χ1n) is 9.15. The molecule has 0 saturated heterocycles. The second-order valence-electron chi connectivity index (χ2n) is 6.83. The molecular weight excluding hydrogens is 412 g/mol. The number of nitrogens with zero attached hydrogens (tertiary/aromatic N) is 3. The van der Waals surface area contributed by atoms with Crippen LogP contribution in [0.2, 0.25) is 5.02 Å². The molecule has 0 saturated carbocycles. The number of aryl methyl sites for hydroxylation is 1. The quantitative estimate of drug-likeness (QED) is 0.644. The molecular formula is C20H23ClN4O3S. The van der Waals surface area contributed by atoms with Crippen LogP contribution in [-0.2, 0) is 16.6 Å². The molecule has 1 unspecified atom stereocenters. The molecule has 3 rings (SSSR count). The SMILES string of the molecule is CCn1c(C(C)NC(=O)c2cc(S(=O)(=O)N(C)C)ccc2Cl)nc2ccccc21. The number of hydrogen-bond donors (Lipinski definition) is 1. The number of sulfonamides is 1. The summed E-state index contributed by atoms with van der Waals surface area (Å²) in [6.07, 6.45) is 0. The highest BCUT2D eigenvalue weighted by Gasteiger charge is 2.23. The second kappa shape index (κ2) is 8.14. The molecule has 1 heterocycles. The van der Waals surface area contributed by atoms with Crippen molar-refractivity contribution in [1.82, 2.24) is 19.2 Å². The van der Waals surface area contributed by atoms with E-state index in [2.05, 4.69) is 10.3 Å². The van der Waals surface area contributed by atoms with Crippen molar-refractivity contribution in [3.63, 3.8) is 0 Å². The highest BCUT2D eigenvalue weighted by atomic mass is 35.5. The molecule has 0 aliphatic rings. The molecule has 1 atom stereocenters. The molecule has 1 aromatic heterocycles. The molecule has 3 aromatic rings. The van der Waals surface area contributed by atoms with Gasteiger partial charge in [0.15, 0.2) is 0 Å². The van der Waals surface area contributed by atoms with Gasteiger partial charge in [-0.25, -0.2) is 17.7 Å². The minimum Gasteiger partial charge on any atom is -0.342 e. The van der Waals surface area contributed by atoms with E-state index < -0.39 is 22.0 Å². The highest BCUT2D eigenvalue weighted by molar-refractivity contribution is 7.89. The maximum atomic E-state index is 12.9. The van der Waals surface area contributed by atoms with Crippen LogP contribution in [0.15, 0.2) is 47.4 Å². The molecule has 2 aromatic carbocycles. The third-order valence-corrected chi connectivity index (χ3v) is 6.84. The van der Waals surface area contributed by atoms with Crippen LogP contribution in [0.5, 0.6) is 0 Å². The van der Waals surface area contributed by atoms with Crippen LogP contribution in [-0.4, -0.2) is 42.3 Å². The van der Waals surface area contributed by atoms with Crippen LogP contribution in [0.1, 0.15) is 36.1 Å². The average molecular weight is 435 g/mol. The molecule has 29 heavy (non-hydrogen) atoms. The summed E-state index contributed by atoms with van der Waals surface area (Å²) in [6, 6.07) is 11.5. The summed E-state index contributed by atoms with van der Waals surface area (Å²) in [5.74, 6) is 0.253. The summed E-state index contributed by atoms with van der Waals surface area (Å²) < 4.78 is 27.9. The van der Waals surface area contributed by atoms with Crippen molar-refractivity contribution in [2.24, 2.45) is 0 Å². The molecule has 0 aliphatic carbocycles. The Bertz CT molecular complexity index is 1170. The molecule has 154 valence electrons. The van der Waals surface area contributed by atoms with E-state index in [4.69, 9.17) is 11.6 Å². The highest BCUT2D eigenvalue weighted by Crippen LogP contribution is 2.24. The van der Waals surface area contributed by atoms with Crippen LogP contribution >= 0.6 is 11.6 Å². The summed E-state index contributed by atoms with van der Waals surface area (Å²) in [5, 5.41) is 3.06. The standard InChI is InChI=1S/C20H23ClN4O3S/c1-5-25-18-9-7-6-8-17(18)23-19(25)13(2)22-20(26)15-12-14(10-11-16(15)21)29(27,28)24(3)4/h6-13H,5H2,1-4H3,(H,22,26). The Hall–Kier alpha value is -2.42. The van der Waals surface area contributed by atoms with Crippen molar-refractivity contribution >= 4 is 38.6 Å². The monoisotopic (exact) mass is 434 g/mol. The number of imidazole rings is 1. The lowest BCUT2D eigenvalue weighted by atomic mass is 10.2. The zero-order valence-electron chi connectivity index (χ0n) is 16.7. The number of rotatable bonds is 6. The molecule has 1 amide bonds. The Balaban J connectivity index is 1.93. The van der Waals surface area contributed by atoms with Gasteiger partial charge in [-0.15, -0.1) is 0 Å². The first-order valence-corrected chi connectivity index (χ1v) is 11.0. The van der Waals surface area contributed by atoms with E-state index in [1.807, 2.05) is 42.7 Å². The largest absolute Gasteiger partial charge is 0.342 e. The first kappa shape index (κ1) is 21.3. The van der Waals surface area contributed by atoms with Gasteiger partial charge in [-0.1, -0.05) is 23.7 Å². The molecule has 0 spiro atoms. The number of carbonyl (C=O) groups excluding carboxylic acids is 1. The van der Waals surface area contributed by atoms with Crippen molar-refractivity contribution in [2.75, 3.05) is 14.1 Å². The molecule has 0 bridgehead atoms. The van der Waals surface area contributed by atoms with Gasteiger partial charge in [0, 0.05) is 20.6 Å². The fourth-order valence-electron chi connectivity index (χ4n) is 3.15. The molecule has 1 N–H and O–H groups in total. The number of hydrogen-bond acceptors (Lipinski definition) is 4. The fourth-order valence-corrected chi connectivity index (χ4v) is 4.28. The van der Waals surface area contributed by atoms with Crippen LogP contribution in [0.3, 0.4) is 0 Å². The summed E-state index contributed by atoms with van der Waals surface area (Å²) in [5.41, 5.74) is 1.94. The van der Waals surface area contributed by atoms with Crippen molar-refractivity contribution in [2.45, 2.75) is 31.3 Å². The average Bonchev–Trinajstić information content (AvgIpc) is 3.06. The lowest BCUT2D eigenvalue weighted by Crippen LogP contribution is -2.29. The van der Waals surface area contributed by atoms with Crippen molar-refractivity contribution in [1.29, 1.82) is 0 Å². The van der Waals surface area contributed by atoms with Crippen molar-refractivity contribution < 1.29 is 13.2 Å². The maximum absolute atomic E-state index is 12.9. The van der Waals surface area contributed by atoms with E-state index in [1.54, 1.807) is 0 Å². The Morgan fingerprint density at radius 1 is 1.24 bits per heavy atom. The lowest BCUT2D eigenvalue weighted by molar-refractivity contribution is 0.0937. The topological polar surface area (TPSA) is 84.3 Å². The first-order chi connectivity index (χ1) is 13.7. The van der Waals surface area contributed by atoms with E-state index in [9.17, 15) is 13.2 Å². The van der Waals surface area contributed by atoms with E-state index in [0.717, 1.165) is 21.2 Å². The second-order valence-corrected chi connectivity index (χ2v) is 9.39. The summed E-state index contributed by atoms with van der Waals surface area (Å²) in [6.45, 7) is 4.55.